The van der Waals surface area contributed by atoms with Gasteiger partial charge in [0, 0.05) is 18.2 Å². The van der Waals surface area contributed by atoms with Gasteiger partial charge in [-0.3, -0.25) is 4.90 Å². The number of morpholine rings is 1. The van der Waals surface area contributed by atoms with Gasteiger partial charge in [0.15, 0.2) is 0 Å². The Kier molecular flexibility index (Phi) is 4.93. The van der Waals surface area contributed by atoms with Crippen molar-refractivity contribution in [2.45, 2.75) is 44.0 Å². The summed E-state index contributed by atoms with van der Waals surface area (Å²) in [6.07, 6.45) is 0.750. The number of hydrogen-bond donors (Lipinski definition) is 0. The van der Waals surface area contributed by atoms with E-state index in [1.165, 1.54) is 25.0 Å². The molecule has 1 heterocycles. The number of nitrogens with zero attached hydrogens (tertiary/aromatic N) is 1. The van der Waals surface area contributed by atoms with Crippen molar-refractivity contribution in [2.24, 2.45) is 0 Å². The second-order valence-corrected chi connectivity index (χ2v) is 6.11. The molecule has 0 aromatic heterocycles. The molecule has 124 valence electrons. The topological polar surface area (TPSA) is 12.5 Å². The van der Waals surface area contributed by atoms with Crippen molar-refractivity contribution in [3.8, 4) is 11.8 Å². The molecule has 1 aromatic rings. The van der Waals surface area contributed by atoms with Crippen molar-refractivity contribution < 1.29 is 17.9 Å². The van der Waals surface area contributed by atoms with Crippen LogP contribution in [0.2, 0.25) is 0 Å². The van der Waals surface area contributed by atoms with Crippen LogP contribution in [0.4, 0.5) is 13.2 Å². The van der Waals surface area contributed by atoms with Crippen LogP contribution in [0.5, 0.6) is 0 Å². The van der Waals surface area contributed by atoms with Crippen LogP contribution in [0.25, 0.3) is 0 Å². The molecule has 1 saturated heterocycles. The zero-order valence-electron chi connectivity index (χ0n) is 12.9. The first-order chi connectivity index (χ1) is 11.0. The van der Waals surface area contributed by atoms with E-state index in [0.717, 1.165) is 38.1 Å². The molecule has 1 saturated carbocycles. The second-order valence-electron chi connectivity index (χ2n) is 6.11. The summed E-state index contributed by atoms with van der Waals surface area (Å²) in [5.74, 6) is 6.07. The molecule has 0 spiro atoms. The van der Waals surface area contributed by atoms with Crippen LogP contribution < -0.4 is 0 Å². The van der Waals surface area contributed by atoms with E-state index in [1.54, 1.807) is 0 Å². The van der Waals surface area contributed by atoms with Gasteiger partial charge in [0.1, 0.15) is 0 Å². The Morgan fingerprint density at radius 2 is 1.87 bits per heavy atom. The van der Waals surface area contributed by atoms with E-state index in [1.807, 2.05) is 0 Å². The first-order valence-corrected chi connectivity index (χ1v) is 8.06. The molecule has 2 aliphatic rings. The predicted molar refractivity (Wildman–Crippen MR) is 81.9 cm³/mol. The second kappa shape index (κ2) is 6.94. The van der Waals surface area contributed by atoms with Crippen molar-refractivity contribution >= 4 is 0 Å². The molecule has 0 bridgehead atoms. The third-order valence-electron chi connectivity index (χ3n) is 4.57. The number of benzene rings is 1. The van der Waals surface area contributed by atoms with E-state index in [9.17, 15) is 13.2 Å². The minimum atomic E-state index is -4.30. The number of rotatable bonds is 1. The Morgan fingerprint density at radius 1 is 1.13 bits per heavy atom. The summed E-state index contributed by atoms with van der Waals surface area (Å²) in [5, 5.41) is 0. The fourth-order valence-electron chi connectivity index (χ4n) is 3.36. The van der Waals surface area contributed by atoms with Crippen molar-refractivity contribution in [2.75, 3.05) is 19.7 Å². The molecule has 0 amide bonds. The van der Waals surface area contributed by atoms with Crippen LogP contribution in [-0.2, 0) is 10.9 Å². The highest BCUT2D eigenvalue weighted by Gasteiger charge is 2.33. The monoisotopic (exact) mass is 323 g/mol. The summed E-state index contributed by atoms with van der Waals surface area (Å²) >= 11 is 0. The Morgan fingerprint density at radius 3 is 2.61 bits per heavy atom. The van der Waals surface area contributed by atoms with Crippen LogP contribution in [0.15, 0.2) is 24.3 Å². The van der Waals surface area contributed by atoms with Gasteiger partial charge in [-0.25, -0.2) is 0 Å². The molecule has 0 unspecified atom stereocenters. The molecular formula is C18H20F3NO. The van der Waals surface area contributed by atoms with Crippen LogP contribution in [0, 0.1) is 11.8 Å². The predicted octanol–water partition coefficient (Wildman–Crippen LogP) is 3.70. The standard InChI is InChI=1S/C18H20F3NO/c19-18(20,21)15-9-7-14(8-10-15)4-3-11-22-12-13-23-17-6-2-1-5-16(17)22/h7-10,16-17H,1-2,5-6,11-13H2/t16-,17-/m1/s1. The quantitative estimate of drug-likeness (QED) is 0.731. The summed E-state index contributed by atoms with van der Waals surface area (Å²) < 4.78 is 43.4. The van der Waals surface area contributed by atoms with E-state index < -0.39 is 11.7 Å². The smallest absolute Gasteiger partial charge is 0.375 e. The molecule has 2 nitrogen and oxygen atoms in total. The first kappa shape index (κ1) is 16.4. The SMILES string of the molecule is FC(F)(F)c1ccc(C#CCN2CCO[C@@H]3CCCC[C@H]32)cc1. The molecule has 1 aliphatic heterocycles. The highest BCUT2D eigenvalue weighted by atomic mass is 19.4. The third kappa shape index (κ3) is 4.07. The van der Waals surface area contributed by atoms with Crippen LogP contribution >= 0.6 is 0 Å². The number of halogens is 3. The van der Waals surface area contributed by atoms with E-state index in [2.05, 4.69) is 16.7 Å². The largest absolute Gasteiger partial charge is 0.416 e. The summed E-state index contributed by atoms with van der Waals surface area (Å²) in [5.41, 5.74) is -0.0206. The van der Waals surface area contributed by atoms with Gasteiger partial charge in [0.2, 0.25) is 0 Å². The lowest BCUT2D eigenvalue weighted by molar-refractivity contribution is -0.137. The normalized spacial score (nSPS) is 25.3. The lowest BCUT2D eigenvalue weighted by atomic mass is 9.90. The molecule has 1 aliphatic carbocycles. The van der Waals surface area contributed by atoms with Gasteiger partial charge in [-0.1, -0.05) is 24.7 Å². The van der Waals surface area contributed by atoms with Gasteiger partial charge in [-0.15, -0.1) is 0 Å². The third-order valence-corrected chi connectivity index (χ3v) is 4.57. The van der Waals surface area contributed by atoms with E-state index >= 15 is 0 Å². The molecule has 2 fully saturated rings. The lowest BCUT2D eigenvalue weighted by Gasteiger charge is -2.43. The van der Waals surface area contributed by atoms with E-state index in [0.29, 0.717) is 24.3 Å². The van der Waals surface area contributed by atoms with Gasteiger partial charge < -0.3 is 4.74 Å². The van der Waals surface area contributed by atoms with Gasteiger partial charge in [0.25, 0.3) is 0 Å². The molecule has 5 heteroatoms. The summed E-state index contributed by atoms with van der Waals surface area (Å²) in [7, 11) is 0. The van der Waals surface area contributed by atoms with Gasteiger partial charge in [-0.2, -0.15) is 13.2 Å². The molecule has 23 heavy (non-hydrogen) atoms. The zero-order chi connectivity index (χ0) is 16.3. The van der Waals surface area contributed by atoms with E-state index in [4.69, 9.17) is 4.74 Å². The maximum absolute atomic E-state index is 12.5. The van der Waals surface area contributed by atoms with Crippen molar-refractivity contribution in [3.05, 3.63) is 35.4 Å². The lowest BCUT2D eigenvalue weighted by Crippen LogP contribution is -2.52. The average Bonchev–Trinajstić information content (AvgIpc) is 2.55. The fourth-order valence-corrected chi connectivity index (χ4v) is 3.36. The van der Waals surface area contributed by atoms with Crippen LogP contribution in [-0.4, -0.2) is 36.7 Å². The molecule has 0 N–H and O–H groups in total. The molecule has 3 rings (SSSR count). The number of ether oxygens (including phenoxy) is 1. The number of fused-ring (bicyclic) bond motifs is 1. The van der Waals surface area contributed by atoms with E-state index in [-0.39, 0.29) is 0 Å². The van der Waals surface area contributed by atoms with Crippen LogP contribution in [0.3, 0.4) is 0 Å². The Balaban J connectivity index is 1.61. The molecule has 1 aromatic carbocycles. The number of alkyl halides is 3. The van der Waals surface area contributed by atoms with Gasteiger partial charge in [-0.05, 0) is 37.1 Å². The Hall–Kier alpha value is -1.51. The van der Waals surface area contributed by atoms with Gasteiger partial charge >= 0.3 is 6.18 Å². The molecule has 2 atom stereocenters. The minimum absolute atomic E-state index is 0.324. The maximum atomic E-state index is 12.5. The Labute approximate surface area is 134 Å². The van der Waals surface area contributed by atoms with Crippen molar-refractivity contribution in [1.29, 1.82) is 0 Å². The first-order valence-electron chi connectivity index (χ1n) is 8.06. The zero-order valence-corrected chi connectivity index (χ0v) is 12.9. The Bertz CT molecular complexity index is 583. The maximum Gasteiger partial charge on any atom is 0.416 e. The highest BCUT2D eigenvalue weighted by molar-refractivity contribution is 5.37. The highest BCUT2D eigenvalue weighted by Crippen LogP contribution is 2.29. The summed E-state index contributed by atoms with van der Waals surface area (Å²) in [6, 6.07) is 5.46. The molecular weight excluding hydrogens is 303 g/mol. The summed E-state index contributed by atoms with van der Waals surface area (Å²) in [6.45, 7) is 2.26. The fraction of sp³-hybridized carbons (Fsp3) is 0.556. The number of hydrogen-bond acceptors (Lipinski definition) is 2. The van der Waals surface area contributed by atoms with Crippen molar-refractivity contribution in [3.63, 3.8) is 0 Å². The average molecular weight is 323 g/mol. The van der Waals surface area contributed by atoms with Crippen LogP contribution in [0.1, 0.15) is 36.8 Å². The van der Waals surface area contributed by atoms with Crippen molar-refractivity contribution in [1.82, 2.24) is 4.90 Å². The summed E-state index contributed by atoms with van der Waals surface area (Å²) in [4.78, 5) is 2.35. The minimum Gasteiger partial charge on any atom is -0.375 e. The van der Waals surface area contributed by atoms with Gasteiger partial charge in [0.05, 0.1) is 24.8 Å². The molecule has 0 radical (unpaired) electrons.